The van der Waals surface area contributed by atoms with Crippen LogP contribution in [0.3, 0.4) is 0 Å². The molecule has 0 fully saturated rings. The van der Waals surface area contributed by atoms with E-state index in [1.165, 1.54) is 11.1 Å². The number of thiophene rings is 1. The maximum atomic E-state index is 12.3. The summed E-state index contributed by atoms with van der Waals surface area (Å²) in [5.41, 5.74) is 0.557. The second-order valence-electron chi connectivity index (χ2n) is 4.59. The summed E-state index contributed by atoms with van der Waals surface area (Å²) in [6, 6.07) is 11.6. The van der Waals surface area contributed by atoms with Gasteiger partial charge < -0.3 is 5.32 Å². The van der Waals surface area contributed by atoms with E-state index < -0.39 is 0 Å². The van der Waals surface area contributed by atoms with E-state index in [4.69, 9.17) is 11.6 Å². The SMILES string of the molecule is O=C(NCCc1cccs1)c1cnc(Cl)c2ccccc12. The number of nitrogens with zero attached hydrogens (tertiary/aromatic N) is 1. The Morgan fingerprint density at radius 3 is 2.76 bits per heavy atom. The number of fused-ring (bicyclic) bond motifs is 1. The predicted molar refractivity (Wildman–Crippen MR) is 87.1 cm³/mol. The summed E-state index contributed by atoms with van der Waals surface area (Å²) < 4.78 is 0. The highest BCUT2D eigenvalue weighted by Gasteiger charge is 2.12. The third kappa shape index (κ3) is 3.06. The van der Waals surface area contributed by atoms with Crippen LogP contribution in [-0.2, 0) is 6.42 Å². The Morgan fingerprint density at radius 2 is 2.00 bits per heavy atom. The minimum absolute atomic E-state index is 0.119. The summed E-state index contributed by atoms with van der Waals surface area (Å²) in [6.07, 6.45) is 2.37. The van der Waals surface area contributed by atoms with Crippen LogP contribution in [0.15, 0.2) is 48.0 Å². The summed E-state index contributed by atoms with van der Waals surface area (Å²) in [6.45, 7) is 0.607. The molecule has 1 N–H and O–H groups in total. The van der Waals surface area contributed by atoms with Crippen molar-refractivity contribution >= 4 is 39.6 Å². The lowest BCUT2D eigenvalue weighted by Crippen LogP contribution is -2.25. The Hall–Kier alpha value is -1.91. The van der Waals surface area contributed by atoms with Gasteiger partial charge in [-0.3, -0.25) is 4.79 Å². The number of aromatic nitrogens is 1. The number of halogens is 1. The molecular weight excluding hydrogens is 304 g/mol. The molecule has 2 aromatic heterocycles. The zero-order valence-electron chi connectivity index (χ0n) is 11.2. The number of hydrogen-bond acceptors (Lipinski definition) is 3. The van der Waals surface area contributed by atoms with E-state index >= 15 is 0 Å². The molecule has 0 unspecified atom stereocenters. The number of amides is 1. The normalized spacial score (nSPS) is 10.7. The quantitative estimate of drug-likeness (QED) is 0.741. The average Bonchev–Trinajstić information content (AvgIpc) is 3.01. The summed E-state index contributed by atoms with van der Waals surface area (Å²) in [7, 11) is 0. The van der Waals surface area contributed by atoms with Crippen molar-refractivity contribution < 1.29 is 4.79 Å². The first-order chi connectivity index (χ1) is 10.3. The van der Waals surface area contributed by atoms with Gasteiger partial charge in [-0.15, -0.1) is 11.3 Å². The van der Waals surface area contributed by atoms with Crippen molar-refractivity contribution in [2.75, 3.05) is 6.54 Å². The molecule has 21 heavy (non-hydrogen) atoms. The van der Waals surface area contributed by atoms with E-state index in [0.29, 0.717) is 17.3 Å². The first kappa shape index (κ1) is 14.0. The maximum Gasteiger partial charge on any atom is 0.253 e. The van der Waals surface area contributed by atoms with Crippen molar-refractivity contribution in [3.63, 3.8) is 0 Å². The molecule has 1 aromatic carbocycles. The predicted octanol–water partition coefficient (Wildman–Crippen LogP) is 3.92. The third-order valence-electron chi connectivity index (χ3n) is 3.23. The molecular formula is C16H13ClN2OS. The van der Waals surface area contributed by atoms with Crippen LogP contribution < -0.4 is 5.32 Å². The second kappa shape index (κ2) is 6.24. The second-order valence-corrected chi connectivity index (χ2v) is 5.98. The van der Waals surface area contributed by atoms with Crippen LogP contribution in [0.1, 0.15) is 15.2 Å². The van der Waals surface area contributed by atoms with Gasteiger partial charge >= 0.3 is 0 Å². The molecule has 0 aliphatic carbocycles. The monoisotopic (exact) mass is 316 g/mol. The van der Waals surface area contributed by atoms with E-state index in [-0.39, 0.29) is 5.91 Å². The first-order valence-electron chi connectivity index (χ1n) is 6.59. The average molecular weight is 317 g/mol. The van der Waals surface area contributed by atoms with Gasteiger partial charge in [0.05, 0.1) is 5.56 Å². The van der Waals surface area contributed by atoms with Crippen molar-refractivity contribution in [2.45, 2.75) is 6.42 Å². The molecule has 0 aliphatic heterocycles. The van der Waals surface area contributed by atoms with Crippen LogP contribution in [-0.4, -0.2) is 17.4 Å². The molecule has 3 aromatic rings. The zero-order valence-corrected chi connectivity index (χ0v) is 12.7. The fraction of sp³-hybridized carbons (Fsp3) is 0.125. The molecule has 0 bridgehead atoms. The lowest BCUT2D eigenvalue weighted by Gasteiger charge is -2.08. The van der Waals surface area contributed by atoms with Gasteiger partial charge in [-0.05, 0) is 23.3 Å². The molecule has 5 heteroatoms. The molecule has 2 heterocycles. The van der Waals surface area contributed by atoms with E-state index in [2.05, 4.69) is 16.4 Å². The number of rotatable bonds is 4. The van der Waals surface area contributed by atoms with Crippen LogP contribution in [0.2, 0.25) is 5.15 Å². The van der Waals surface area contributed by atoms with Gasteiger partial charge in [0.25, 0.3) is 5.91 Å². The lowest BCUT2D eigenvalue weighted by atomic mass is 10.1. The number of benzene rings is 1. The minimum Gasteiger partial charge on any atom is -0.352 e. The lowest BCUT2D eigenvalue weighted by molar-refractivity contribution is 0.0955. The maximum absolute atomic E-state index is 12.3. The van der Waals surface area contributed by atoms with Crippen molar-refractivity contribution in [1.82, 2.24) is 10.3 Å². The molecule has 0 aliphatic rings. The minimum atomic E-state index is -0.119. The highest BCUT2D eigenvalue weighted by Crippen LogP contribution is 2.24. The topological polar surface area (TPSA) is 42.0 Å². The zero-order chi connectivity index (χ0) is 14.7. The van der Waals surface area contributed by atoms with Crippen molar-refractivity contribution in [3.05, 3.63) is 63.6 Å². The third-order valence-corrected chi connectivity index (χ3v) is 4.47. The molecule has 0 saturated heterocycles. The van der Waals surface area contributed by atoms with Gasteiger partial charge in [0.15, 0.2) is 0 Å². The van der Waals surface area contributed by atoms with Crippen molar-refractivity contribution in [2.24, 2.45) is 0 Å². The van der Waals surface area contributed by atoms with Gasteiger partial charge in [-0.2, -0.15) is 0 Å². The van der Waals surface area contributed by atoms with Gasteiger partial charge in [0.1, 0.15) is 5.15 Å². The summed E-state index contributed by atoms with van der Waals surface area (Å²) in [5.74, 6) is -0.119. The number of nitrogens with one attached hydrogen (secondary N) is 1. The molecule has 0 radical (unpaired) electrons. The molecule has 0 spiro atoms. The van der Waals surface area contributed by atoms with Gasteiger partial charge in [0, 0.05) is 23.0 Å². The van der Waals surface area contributed by atoms with E-state index in [1.54, 1.807) is 11.3 Å². The number of pyridine rings is 1. The summed E-state index contributed by atoms with van der Waals surface area (Å²) in [4.78, 5) is 17.7. The molecule has 3 rings (SSSR count). The van der Waals surface area contributed by atoms with Crippen molar-refractivity contribution in [3.8, 4) is 0 Å². The van der Waals surface area contributed by atoms with Crippen LogP contribution in [0.25, 0.3) is 10.8 Å². The first-order valence-corrected chi connectivity index (χ1v) is 7.85. The molecule has 0 saturated carbocycles. The molecule has 0 atom stereocenters. The Kier molecular flexibility index (Phi) is 4.18. The number of carbonyl (C=O) groups is 1. The van der Waals surface area contributed by atoms with Crippen LogP contribution in [0, 0.1) is 0 Å². The largest absolute Gasteiger partial charge is 0.352 e. The van der Waals surface area contributed by atoms with E-state index in [1.807, 2.05) is 35.7 Å². The fourth-order valence-corrected chi connectivity index (χ4v) is 3.11. The Labute approximate surface area is 131 Å². The Morgan fingerprint density at radius 1 is 1.19 bits per heavy atom. The standard InChI is InChI=1S/C16H13ClN2OS/c17-15-13-6-2-1-5-12(13)14(10-19-15)16(20)18-8-7-11-4-3-9-21-11/h1-6,9-10H,7-8H2,(H,18,20). The highest BCUT2D eigenvalue weighted by molar-refractivity contribution is 7.09. The number of carbonyl (C=O) groups excluding carboxylic acids is 1. The van der Waals surface area contributed by atoms with E-state index in [0.717, 1.165) is 17.2 Å². The Bertz CT molecular complexity index is 771. The Balaban J connectivity index is 1.77. The van der Waals surface area contributed by atoms with Gasteiger partial charge in [-0.25, -0.2) is 4.98 Å². The summed E-state index contributed by atoms with van der Waals surface area (Å²) in [5, 5.41) is 7.01. The van der Waals surface area contributed by atoms with Crippen LogP contribution in [0.4, 0.5) is 0 Å². The van der Waals surface area contributed by atoms with Gasteiger partial charge in [-0.1, -0.05) is 41.9 Å². The van der Waals surface area contributed by atoms with Crippen LogP contribution in [0.5, 0.6) is 0 Å². The summed E-state index contributed by atoms with van der Waals surface area (Å²) >= 11 is 7.76. The van der Waals surface area contributed by atoms with E-state index in [9.17, 15) is 4.79 Å². The fourth-order valence-electron chi connectivity index (χ4n) is 2.19. The van der Waals surface area contributed by atoms with Crippen LogP contribution >= 0.6 is 22.9 Å². The number of hydrogen-bond donors (Lipinski definition) is 1. The van der Waals surface area contributed by atoms with Crippen molar-refractivity contribution in [1.29, 1.82) is 0 Å². The highest BCUT2D eigenvalue weighted by atomic mass is 35.5. The molecule has 106 valence electrons. The molecule has 1 amide bonds. The van der Waals surface area contributed by atoms with Gasteiger partial charge in [0.2, 0.25) is 0 Å². The molecule has 3 nitrogen and oxygen atoms in total. The smallest absolute Gasteiger partial charge is 0.253 e.